The van der Waals surface area contributed by atoms with Crippen molar-refractivity contribution in [2.24, 2.45) is 5.41 Å². The molecule has 2 heterocycles. The number of anilines is 1. The van der Waals surface area contributed by atoms with Crippen LogP contribution in [0.5, 0.6) is 0 Å². The molecule has 1 spiro atoms. The highest BCUT2D eigenvalue weighted by Gasteiger charge is 2.46. The fraction of sp³-hybridized carbons (Fsp3) is 0.600. The average molecular weight is 413 g/mol. The molecule has 2 fully saturated rings. The highest BCUT2D eigenvalue weighted by molar-refractivity contribution is 5.89. The second-order valence-electron chi connectivity index (χ2n) is 8.83. The lowest BCUT2D eigenvalue weighted by atomic mass is 9.86. The molecule has 0 bridgehead atoms. The Bertz CT molecular complexity index is 774. The number of benzene rings is 1. The van der Waals surface area contributed by atoms with Crippen LogP contribution < -0.4 is 5.32 Å². The van der Waals surface area contributed by atoms with Gasteiger partial charge in [-0.15, -0.1) is 0 Å². The molecule has 2 aliphatic heterocycles. The zero-order chi connectivity index (χ0) is 21.4. The van der Waals surface area contributed by atoms with E-state index in [4.69, 9.17) is 4.74 Å². The number of hydrogen-bond acceptors (Lipinski definition) is 3. The van der Waals surface area contributed by atoms with E-state index < -0.39 is 17.3 Å². The Hall–Kier alpha value is -2.45. The SMILES string of the molecule is CC(C)(C)OC(=O)N1CCC2(CCN(C(=O)Nc3ccc(C(F)(F)F)cc3)C2)C1. The number of nitrogens with one attached hydrogen (secondary N) is 1. The number of hydrogen-bond donors (Lipinski definition) is 1. The summed E-state index contributed by atoms with van der Waals surface area (Å²) < 4.78 is 43.4. The Morgan fingerprint density at radius 1 is 1.00 bits per heavy atom. The standard InChI is InChI=1S/C20H26F3N3O3/c1-18(2,3)29-17(28)26-11-9-19(13-26)8-10-25(12-19)16(27)24-15-6-4-14(5-7-15)20(21,22)23/h4-7H,8-13H2,1-3H3,(H,24,27). The van der Waals surface area contributed by atoms with Gasteiger partial charge in [0, 0.05) is 37.3 Å². The van der Waals surface area contributed by atoms with E-state index in [1.165, 1.54) is 12.1 Å². The summed E-state index contributed by atoms with van der Waals surface area (Å²) >= 11 is 0. The van der Waals surface area contributed by atoms with Crippen LogP contribution in [0.4, 0.5) is 28.4 Å². The van der Waals surface area contributed by atoms with Crippen LogP contribution in [0, 0.1) is 5.41 Å². The van der Waals surface area contributed by atoms with Gasteiger partial charge < -0.3 is 19.9 Å². The summed E-state index contributed by atoms with van der Waals surface area (Å²) in [7, 11) is 0. The van der Waals surface area contributed by atoms with Crippen molar-refractivity contribution in [1.82, 2.24) is 9.80 Å². The first kappa shape index (κ1) is 21.3. The lowest BCUT2D eigenvalue weighted by Gasteiger charge is -2.27. The van der Waals surface area contributed by atoms with Crippen LogP contribution in [0.3, 0.4) is 0 Å². The molecule has 3 amide bonds. The van der Waals surface area contributed by atoms with E-state index >= 15 is 0 Å². The van der Waals surface area contributed by atoms with Crippen LogP contribution in [0.25, 0.3) is 0 Å². The largest absolute Gasteiger partial charge is 0.444 e. The summed E-state index contributed by atoms with van der Waals surface area (Å²) in [5, 5.41) is 2.65. The lowest BCUT2D eigenvalue weighted by molar-refractivity contribution is -0.137. The second-order valence-corrected chi connectivity index (χ2v) is 8.83. The van der Waals surface area contributed by atoms with Crippen molar-refractivity contribution in [2.45, 2.75) is 45.4 Å². The van der Waals surface area contributed by atoms with E-state index in [0.29, 0.717) is 31.9 Å². The third-order valence-electron chi connectivity index (χ3n) is 5.28. The molecular weight excluding hydrogens is 387 g/mol. The van der Waals surface area contributed by atoms with Crippen LogP contribution in [0.2, 0.25) is 0 Å². The van der Waals surface area contributed by atoms with E-state index in [2.05, 4.69) is 5.32 Å². The predicted octanol–water partition coefficient (Wildman–Crippen LogP) is 4.57. The molecule has 1 aromatic rings. The van der Waals surface area contributed by atoms with Crippen LogP contribution in [-0.2, 0) is 10.9 Å². The molecule has 9 heteroatoms. The average Bonchev–Trinajstić information content (AvgIpc) is 3.21. The number of alkyl halides is 3. The molecule has 6 nitrogen and oxygen atoms in total. The molecule has 3 rings (SSSR count). The molecule has 0 aromatic heterocycles. The molecule has 0 aliphatic carbocycles. The number of nitrogens with zero attached hydrogens (tertiary/aromatic N) is 2. The highest BCUT2D eigenvalue weighted by Crippen LogP contribution is 2.40. The van der Waals surface area contributed by atoms with Crippen LogP contribution in [-0.4, -0.2) is 53.7 Å². The van der Waals surface area contributed by atoms with Crippen LogP contribution >= 0.6 is 0 Å². The summed E-state index contributed by atoms with van der Waals surface area (Å²) in [6.45, 7) is 7.61. The molecule has 1 aromatic carbocycles. The van der Waals surface area contributed by atoms with E-state index in [1.54, 1.807) is 9.80 Å². The maximum atomic E-state index is 12.6. The zero-order valence-electron chi connectivity index (χ0n) is 16.8. The minimum absolute atomic E-state index is 0.158. The van der Waals surface area contributed by atoms with Crippen molar-refractivity contribution < 1.29 is 27.5 Å². The van der Waals surface area contributed by atoms with Gasteiger partial charge in [-0.2, -0.15) is 13.2 Å². The molecule has 160 valence electrons. The number of urea groups is 1. The first-order chi connectivity index (χ1) is 13.4. The third kappa shape index (κ3) is 5.13. The molecule has 0 saturated carbocycles. The monoisotopic (exact) mass is 413 g/mol. The van der Waals surface area contributed by atoms with Gasteiger partial charge in [0.2, 0.25) is 0 Å². The molecule has 1 N–H and O–H groups in total. The van der Waals surface area contributed by atoms with E-state index in [9.17, 15) is 22.8 Å². The van der Waals surface area contributed by atoms with Gasteiger partial charge in [0.15, 0.2) is 0 Å². The van der Waals surface area contributed by atoms with Gasteiger partial charge >= 0.3 is 18.3 Å². The maximum Gasteiger partial charge on any atom is 0.416 e. The van der Waals surface area contributed by atoms with Crippen molar-refractivity contribution in [1.29, 1.82) is 0 Å². The van der Waals surface area contributed by atoms with Crippen molar-refractivity contribution in [3.05, 3.63) is 29.8 Å². The fourth-order valence-electron chi connectivity index (χ4n) is 3.80. The Morgan fingerprint density at radius 3 is 2.10 bits per heavy atom. The van der Waals surface area contributed by atoms with E-state index in [1.807, 2.05) is 20.8 Å². The van der Waals surface area contributed by atoms with Crippen molar-refractivity contribution in [2.75, 3.05) is 31.5 Å². The van der Waals surface area contributed by atoms with Gasteiger partial charge in [-0.05, 0) is 57.9 Å². The number of carbonyl (C=O) groups is 2. The number of halogens is 3. The quantitative estimate of drug-likeness (QED) is 0.734. The molecule has 1 unspecified atom stereocenters. The number of amides is 3. The van der Waals surface area contributed by atoms with Gasteiger partial charge in [0.1, 0.15) is 5.60 Å². The van der Waals surface area contributed by atoms with E-state index in [0.717, 1.165) is 25.0 Å². The molecule has 2 aliphatic rings. The molecule has 1 atom stereocenters. The van der Waals surface area contributed by atoms with E-state index in [-0.39, 0.29) is 17.5 Å². The van der Waals surface area contributed by atoms with Gasteiger partial charge in [0.05, 0.1) is 5.56 Å². The summed E-state index contributed by atoms with van der Waals surface area (Å²) in [5.74, 6) is 0. The minimum Gasteiger partial charge on any atom is -0.444 e. The van der Waals surface area contributed by atoms with Crippen molar-refractivity contribution in [3.8, 4) is 0 Å². The molecular formula is C20H26F3N3O3. The smallest absolute Gasteiger partial charge is 0.416 e. The van der Waals surface area contributed by atoms with Gasteiger partial charge in [-0.3, -0.25) is 0 Å². The summed E-state index contributed by atoms with van der Waals surface area (Å²) in [6, 6.07) is 4.02. The van der Waals surface area contributed by atoms with Crippen LogP contribution in [0.15, 0.2) is 24.3 Å². The molecule has 29 heavy (non-hydrogen) atoms. The number of rotatable bonds is 1. The zero-order valence-corrected chi connectivity index (χ0v) is 16.8. The minimum atomic E-state index is -4.41. The maximum absolute atomic E-state index is 12.6. The number of carbonyl (C=O) groups excluding carboxylic acids is 2. The topological polar surface area (TPSA) is 61.9 Å². The van der Waals surface area contributed by atoms with Gasteiger partial charge in [-0.1, -0.05) is 0 Å². The second kappa shape index (κ2) is 7.42. The Kier molecular flexibility index (Phi) is 5.44. The number of likely N-dealkylation sites (tertiary alicyclic amines) is 2. The van der Waals surface area contributed by atoms with Gasteiger partial charge in [0.25, 0.3) is 0 Å². The summed E-state index contributed by atoms with van der Waals surface area (Å²) in [4.78, 5) is 28.1. The fourth-order valence-corrected chi connectivity index (χ4v) is 3.80. The first-order valence-corrected chi connectivity index (χ1v) is 9.58. The molecule has 2 saturated heterocycles. The summed E-state index contributed by atoms with van der Waals surface area (Å²) in [6.07, 6.45) is -3.20. The predicted molar refractivity (Wildman–Crippen MR) is 102 cm³/mol. The Labute approximate surface area is 168 Å². The highest BCUT2D eigenvalue weighted by atomic mass is 19.4. The van der Waals surface area contributed by atoms with Crippen molar-refractivity contribution >= 4 is 17.8 Å². The Balaban J connectivity index is 1.55. The van der Waals surface area contributed by atoms with Crippen LogP contribution in [0.1, 0.15) is 39.2 Å². The lowest BCUT2D eigenvalue weighted by Crippen LogP contribution is -2.39. The molecule has 0 radical (unpaired) electrons. The number of ether oxygens (including phenoxy) is 1. The van der Waals surface area contributed by atoms with Crippen molar-refractivity contribution in [3.63, 3.8) is 0 Å². The normalized spacial score (nSPS) is 22.3. The first-order valence-electron chi connectivity index (χ1n) is 9.58. The third-order valence-corrected chi connectivity index (χ3v) is 5.28. The Morgan fingerprint density at radius 2 is 1.55 bits per heavy atom. The van der Waals surface area contributed by atoms with Gasteiger partial charge in [-0.25, -0.2) is 9.59 Å². The summed E-state index contributed by atoms with van der Waals surface area (Å²) in [5.41, 5.74) is -1.17.